The van der Waals surface area contributed by atoms with E-state index in [1.807, 2.05) is 0 Å². The molecule has 0 N–H and O–H groups in total. The number of aromatic nitrogens is 2. The van der Waals surface area contributed by atoms with Crippen LogP contribution in [0.5, 0.6) is 0 Å². The van der Waals surface area contributed by atoms with Gasteiger partial charge in [-0.15, -0.1) is 0 Å². The second kappa shape index (κ2) is 5.06. The molecule has 0 aliphatic rings. The number of nitrogens with zero attached hydrogens (tertiary/aromatic N) is 2. The van der Waals surface area contributed by atoms with E-state index in [1.165, 1.54) is 23.2 Å². The van der Waals surface area contributed by atoms with E-state index in [0.29, 0.717) is 13.0 Å². The molecule has 0 spiro atoms. The number of sulfone groups is 1. The van der Waals surface area contributed by atoms with Gasteiger partial charge >= 0.3 is 0 Å². The van der Waals surface area contributed by atoms with E-state index < -0.39 is 9.84 Å². The Labute approximate surface area is 88.7 Å². The topological polar surface area (TPSA) is 69.0 Å². The number of hydrogen-bond donors (Lipinski definition) is 0. The molecule has 0 atom stereocenters. The summed E-state index contributed by atoms with van der Waals surface area (Å²) >= 11 is 0. The van der Waals surface area contributed by atoms with Crippen molar-refractivity contribution in [1.29, 1.82) is 0 Å². The highest BCUT2D eigenvalue weighted by atomic mass is 32.2. The molecule has 1 rings (SSSR count). The van der Waals surface area contributed by atoms with Crippen LogP contribution in [-0.2, 0) is 16.4 Å². The van der Waals surface area contributed by atoms with Gasteiger partial charge in [-0.1, -0.05) is 6.92 Å². The lowest BCUT2D eigenvalue weighted by atomic mass is 10.4. The van der Waals surface area contributed by atoms with E-state index in [1.54, 1.807) is 6.92 Å². The zero-order valence-corrected chi connectivity index (χ0v) is 9.40. The molecular formula is C9H14N2O3S. The molecule has 1 aromatic rings. The monoisotopic (exact) mass is 230 g/mol. The van der Waals surface area contributed by atoms with Crippen LogP contribution in [0.25, 0.3) is 0 Å². The second-order valence-corrected chi connectivity index (χ2v) is 5.67. The molecule has 0 saturated carbocycles. The van der Waals surface area contributed by atoms with E-state index in [4.69, 9.17) is 0 Å². The van der Waals surface area contributed by atoms with Crippen molar-refractivity contribution in [3.05, 3.63) is 28.9 Å². The van der Waals surface area contributed by atoms with Gasteiger partial charge in [0.15, 0.2) is 0 Å². The zero-order valence-electron chi connectivity index (χ0n) is 8.59. The van der Waals surface area contributed by atoms with Gasteiger partial charge in [-0.2, -0.15) is 0 Å². The molecule has 84 valence electrons. The lowest BCUT2D eigenvalue weighted by Gasteiger charge is -2.03. The van der Waals surface area contributed by atoms with Crippen molar-refractivity contribution in [2.45, 2.75) is 19.9 Å². The summed E-state index contributed by atoms with van der Waals surface area (Å²) in [6, 6.07) is 1.36. The van der Waals surface area contributed by atoms with Crippen LogP contribution in [0.4, 0.5) is 0 Å². The van der Waals surface area contributed by atoms with E-state index in [9.17, 15) is 13.2 Å². The second-order valence-electron chi connectivity index (χ2n) is 3.20. The average Bonchev–Trinajstić information content (AvgIpc) is 2.21. The van der Waals surface area contributed by atoms with Gasteiger partial charge < -0.3 is 0 Å². The van der Waals surface area contributed by atoms with Crippen molar-refractivity contribution in [1.82, 2.24) is 9.55 Å². The first-order valence-corrected chi connectivity index (χ1v) is 6.58. The highest BCUT2D eigenvalue weighted by Gasteiger charge is 2.06. The Morgan fingerprint density at radius 2 is 2.20 bits per heavy atom. The maximum absolute atomic E-state index is 11.2. The molecule has 0 bridgehead atoms. The van der Waals surface area contributed by atoms with Gasteiger partial charge in [0.1, 0.15) is 9.84 Å². The third kappa shape index (κ3) is 3.83. The minimum absolute atomic E-state index is 0.116. The molecule has 0 radical (unpaired) electrons. The first-order valence-electron chi connectivity index (χ1n) is 4.76. The summed E-state index contributed by atoms with van der Waals surface area (Å²) < 4.78 is 23.8. The van der Waals surface area contributed by atoms with Gasteiger partial charge in [0, 0.05) is 24.6 Å². The molecule has 5 nitrogen and oxygen atoms in total. The largest absolute Gasteiger partial charge is 0.299 e. The molecule has 1 aromatic heterocycles. The normalized spacial score (nSPS) is 11.5. The Morgan fingerprint density at radius 1 is 1.47 bits per heavy atom. The van der Waals surface area contributed by atoms with E-state index in [2.05, 4.69) is 4.98 Å². The van der Waals surface area contributed by atoms with E-state index in [0.717, 1.165) is 0 Å². The third-order valence-electron chi connectivity index (χ3n) is 2.09. The summed E-state index contributed by atoms with van der Waals surface area (Å²) in [5.41, 5.74) is -0.154. The van der Waals surface area contributed by atoms with E-state index in [-0.39, 0.29) is 17.1 Å². The molecule has 0 aliphatic carbocycles. The van der Waals surface area contributed by atoms with Gasteiger partial charge in [-0.05, 0) is 6.42 Å². The highest BCUT2D eigenvalue weighted by Crippen LogP contribution is 1.95. The molecular weight excluding hydrogens is 216 g/mol. The maximum atomic E-state index is 11.2. The first-order chi connectivity index (χ1) is 7.05. The van der Waals surface area contributed by atoms with Crippen molar-refractivity contribution < 1.29 is 8.42 Å². The first kappa shape index (κ1) is 11.9. The molecule has 6 heteroatoms. The fourth-order valence-corrected chi connectivity index (χ4v) is 2.00. The molecule has 0 saturated heterocycles. The van der Waals surface area contributed by atoms with Crippen molar-refractivity contribution in [2.75, 3.05) is 11.5 Å². The Bertz CT molecular complexity index is 464. The number of aryl methyl sites for hydroxylation is 1. The molecule has 0 aliphatic heterocycles. The lowest BCUT2D eigenvalue weighted by Crippen LogP contribution is -2.20. The number of rotatable bonds is 5. The molecule has 1 heterocycles. The van der Waals surface area contributed by atoms with Gasteiger partial charge in [0.05, 0.1) is 12.1 Å². The minimum atomic E-state index is -2.94. The predicted octanol–water partition coefficient (Wildman–Crippen LogP) is 0.0681. The summed E-state index contributed by atoms with van der Waals surface area (Å²) in [5.74, 6) is 0.264. The standard InChI is InChI=1S/C9H14N2O3S/c1-2-15(13,14)7-3-6-11-8-10-5-4-9(11)12/h4-5,8H,2-3,6-7H2,1H3. The summed E-state index contributed by atoms with van der Waals surface area (Å²) in [6.07, 6.45) is 3.28. The lowest BCUT2D eigenvalue weighted by molar-refractivity contribution is 0.583. The van der Waals surface area contributed by atoms with Gasteiger partial charge in [0.25, 0.3) is 5.56 Å². The molecule has 0 amide bonds. The smallest absolute Gasteiger partial charge is 0.253 e. The summed E-state index contributed by atoms with van der Waals surface area (Å²) in [4.78, 5) is 15.0. The number of hydrogen-bond acceptors (Lipinski definition) is 4. The van der Waals surface area contributed by atoms with Crippen LogP contribution in [0.1, 0.15) is 13.3 Å². The van der Waals surface area contributed by atoms with Crippen molar-refractivity contribution in [2.24, 2.45) is 0 Å². The Hall–Kier alpha value is -1.17. The average molecular weight is 230 g/mol. The fraction of sp³-hybridized carbons (Fsp3) is 0.556. The Balaban J connectivity index is 2.53. The van der Waals surface area contributed by atoms with Crippen molar-refractivity contribution in [3.63, 3.8) is 0 Å². The van der Waals surface area contributed by atoms with Crippen LogP contribution in [0.2, 0.25) is 0 Å². The molecule has 0 aromatic carbocycles. The van der Waals surface area contributed by atoms with Crippen molar-refractivity contribution >= 4 is 9.84 Å². The zero-order chi connectivity index (χ0) is 11.3. The Kier molecular flexibility index (Phi) is 4.02. The van der Waals surface area contributed by atoms with Crippen molar-refractivity contribution in [3.8, 4) is 0 Å². The van der Waals surface area contributed by atoms with Crippen LogP contribution < -0.4 is 5.56 Å². The van der Waals surface area contributed by atoms with Crippen LogP contribution in [-0.4, -0.2) is 29.5 Å². The summed E-state index contributed by atoms with van der Waals surface area (Å²) in [5, 5.41) is 0. The highest BCUT2D eigenvalue weighted by molar-refractivity contribution is 7.91. The maximum Gasteiger partial charge on any atom is 0.253 e. The van der Waals surface area contributed by atoms with Crippen LogP contribution in [0, 0.1) is 0 Å². The van der Waals surface area contributed by atoms with Crippen LogP contribution in [0.15, 0.2) is 23.4 Å². The molecule has 0 unspecified atom stereocenters. The third-order valence-corrected chi connectivity index (χ3v) is 3.88. The van der Waals surface area contributed by atoms with E-state index >= 15 is 0 Å². The summed E-state index contributed by atoms with van der Waals surface area (Å²) in [7, 11) is -2.94. The minimum Gasteiger partial charge on any atom is -0.299 e. The Morgan fingerprint density at radius 3 is 2.80 bits per heavy atom. The molecule has 0 fully saturated rings. The fourth-order valence-electron chi connectivity index (χ4n) is 1.15. The van der Waals surface area contributed by atoms with Gasteiger partial charge in [-0.3, -0.25) is 9.36 Å². The van der Waals surface area contributed by atoms with Gasteiger partial charge in [0.2, 0.25) is 0 Å². The predicted molar refractivity (Wildman–Crippen MR) is 57.4 cm³/mol. The summed E-state index contributed by atoms with van der Waals surface area (Å²) in [6.45, 7) is 2.01. The van der Waals surface area contributed by atoms with Crippen LogP contribution >= 0.6 is 0 Å². The molecule has 15 heavy (non-hydrogen) atoms. The van der Waals surface area contributed by atoms with Gasteiger partial charge in [-0.25, -0.2) is 13.4 Å². The SMILES string of the molecule is CCS(=O)(=O)CCCn1cnccc1=O. The quantitative estimate of drug-likeness (QED) is 0.717. The van der Waals surface area contributed by atoms with Crippen LogP contribution in [0.3, 0.4) is 0 Å².